The van der Waals surface area contributed by atoms with Crippen molar-refractivity contribution in [2.75, 3.05) is 0 Å². The highest BCUT2D eigenvalue weighted by Gasteiger charge is 2.12. The fourth-order valence-corrected chi connectivity index (χ4v) is 2.63. The zero-order chi connectivity index (χ0) is 13.1. The molecule has 0 aliphatic carbocycles. The zero-order valence-electron chi connectivity index (χ0n) is 10.2. The SMILES string of the molecule is Cc1cccc(C#N)c1Sc1ncc(CO)n1C. The van der Waals surface area contributed by atoms with Crippen molar-refractivity contribution >= 4 is 11.8 Å². The molecule has 4 nitrogen and oxygen atoms in total. The molecule has 0 aliphatic heterocycles. The fraction of sp³-hybridized carbons (Fsp3) is 0.231. The molecule has 0 bridgehead atoms. The summed E-state index contributed by atoms with van der Waals surface area (Å²) in [4.78, 5) is 5.17. The summed E-state index contributed by atoms with van der Waals surface area (Å²) in [6, 6.07) is 7.83. The van der Waals surface area contributed by atoms with Crippen LogP contribution in [0.4, 0.5) is 0 Å². The first-order valence-electron chi connectivity index (χ1n) is 5.46. The Kier molecular flexibility index (Phi) is 3.70. The lowest BCUT2D eigenvalue weighted by atomic mass is 10.1. The minimum Gasteiger partial charge on any atom is -0.390 e. The number of nitrogens with zero attached hydrogens (tertiary/aromatic N) is 3. The minimum atomic E-state index is -0.0388. The minimum absolute atomic E-state index is 0.0388. The standard InChI is InChI=1S/C13H13N3OS/c1-9-4-3-5-10(6-14)12(9)18-13-15-7-11(8-17)16(13)2/h3-5,7,17H,8H2,1-2H3. The van der Waals surface area contributed by atoms with Crippen molar-refractivity contribution < 1.29 is 5.11 Å². The van der Waals surface area contributed by atoms with Crippen molar-refractivity contribution in [3.05, 3.63) is 41.2 Å². The monoisotopic (exact) mass is 259 g/mol. The normalized spacial score (nSPS) is 10.3. The molecular weight excluding hydrogens is 246 g/mol. The fourth-order valence-electron chi connectivity index (χ4n) is 1.63. The van der Waals surface area contributed by atoms with Crippen LogP contribution in [0, 0.1) is 18.3 Å². The highest BCUT2D eigenvalue weighted by Crippen LogP contribution is 2.32. The first-order valence-corrected chi connectivity index (χ1v) is 6.28. The van der Waals surface area contributed by atoms with E-state index in [0.717, 1.165) is 21.3 Å². The van der Waals surface area contributed by atoms with E-state index in [-0.39, 0.29) is 6.61 Å². The van der Waals surface area contributed by atoms with Crippen LogP contribution < -0.4 is 0 Å². The third kappa shape index (κ3) is 2.26. The molecule has 0 atom stereocenters. The van der Waals surface area contributed by atoms with Crippen LogP contribution in [0.15, 0.2) is 34.4 Å². The third-order valence-corrected chi connectivity index (χ3v) is 4.04. The molecule has 1 N–H and O–H groups in total. The maximum Gasteiger partial charge on any atom is 0.172 e. The average Bonchev–Trinajstić information content (AvgIpc) is 2.73. The van der Waals surface area contributed by atoms with Gasteiger partial charge >= 0.3 is 0 Å². The Balaban J connectivity index is 2.40. The van der Waals surface area contributed by atoms with E-state index < -0.39 is 0 Å². The lowest BCUT2D eigenvalue weighted by Gasteiger charge is -2.08. The number of aliphatic hydroxyl groups excluding tert-OH is 1. The molecule has 0 fully saturated rings. The molecule has 0 spiro atoms. The molecule has 5 heteroatoms. The van der Waals surface area contributed by atoms with Crippen LogP contribution in [0.5, 0.6) is 0 Å². The average molecular weight is 259 g/mol. The lowest BCUT2D eigenvalue weighted by molar-refractivity contribution is 0.271. The smallest absolute Gasteiger partial charge is 0.172 e. The van der Waals surface area contributed by atoms with Gasteiger partial charge in [0.2, 0.25) is 0 Å². The molecular formula is C13H13N3OS. The number of benzene rings is 1. The Labute approximate surface area is 110 Å². The van der Waals surface area contributed by atoms with Crippen LogP contribution in [-0.4, -0.2) is 14.7 Å². The van der Waals surface area contributed by atoms with Gasteiger partial charge in [-0.2, -0.15) is 5.26 Å². The van der Waals surface area contributed by atoms with Crippen LogP contribution in [0.2, 0.25) is 0 Å². The van der Waals surface area contributed by atoms with Crippen molar-refractivity contribution in [3.63, 3.8) is 0 Å². The summed E-state index contributed by atoms with van der Waals surface area (Å²) >= 11 is 1.45. The van der Waals surface area contributed by atoms with Crippen molar-refractivity contribution in [2.45, 2.75) is 23.6 Å². The highest BCUT2D eigenvalue weighted by atomic mass is 32.2. The van der Waals surface area contributed by atoms with E-state index >= 15 is 0 Å². The Morgan fingerprint density at radius 3 is 2.89 bits per heavy atom. The van der Waals surface area contributed by atoms with Gasteiger partial charge in [-0.15, -0.1) is 0 Å². The second kappa shape index (κ2) is 5.25. The molecule has 2 aromatic rings. The maximum atomic E-state index is 9.13. The van der Waals surface area contributed by atoms with E-state index in [1.165, 1.54) is 11.8 Å². The molecule has 1 aromatic carbocycles. The predicted molar refractivity (Wildman–Crippen MR) is 69.1 cm³/mol. The number of rotatable bonds is 3. The molecule has 0 aliphatic rings. The van der Waals surface area contributed by atoms with Gasteiger partial charge in [-0.05, 0) is 30.3 Å². The largest absolute Gasteiger partial charge is 0.390 e. The van der Waals surface area contributed by atoms with Crippen molar-refractivity contribution in [1.82, 2.24) is 9.55 Å². The summed E-state index contributed by atoms with van der Waals surface area (Å²) in [7, 11) is 1.85. The number of imidazole rings is 1. The van der Waals surface area contributed by atoms with E-state index in [9.17, 15) is 0 Å². The topological polar surface area (TPSA) is 61.8 Å². The van der Waals surface area contributed by atoms with E-state index in [1.54, 1.807) is 12.3 Å². The second-order valence-corrected chi connectivity index (χ2v) is 4.89. The number of nitriles is 1. The molecule has 0 unspecified atom stereocenters. The van der Waals surface area contributed by atoms with Crippen molar-refractivity contribution in [1.29, 1.82) is 5.26 Å². The predicted octanol–water partition coefficient (Wildman–Crippen LogP) is 2.24. The van der Waals surface area contributed by atoms with Gasteiger partial charge in [0.15, 0.2) is 5.16 Å². The first kappa shape index (κ1) is 12.7. The Morgan fingerprint density at radius 1 is 1.50 bits per heavy atom. The van der Waals surface area contributed by atoms with Gasteiger partial charge in [-0.1, -0.05) is 12.1 Å². The van der Waals surface area contributed by atoms with Gasteiger partial charge in [0.05, 0.1) is 24.1 Å². The zero-order valence-corrected chi connectivity index (χ0v) is 11.0. The van der Waals surface area contributed by atoms with E-state index in [4.69, 9.17) is 10.4 Å². The number of aromatic nitrogens is 2. The van der Waals surface area contributed by atoms with Gasteiger partial charge in [0.25, 0.3) is 0 Å². The summed E-state index contributed by atoms with van der Waals surface area (Å²) in [5, 5.41) is 19.0. The van der Waals surface area contributed by atoms with Crippen LogP contribution in [0.25, 0.3) is 0 Å². The van der Waals surface area contributed by atoms with Gasteiger partial charge in [0.1, 0.15) is 6.07 Å². The summed E-state index contributed by atoms with van der Waals surface area (Å²) in [6.45, 7) is 1.93. The van der Waals surface area contributed by atoms with E-state index in [0.29, 0.717) is 5.56 Å². The highest BCUT2D eigenvalue weighted by molar-refractivity contribution is 7.99. The maximum absolute atomic E-state index is 9.13. The quantitative estimate of drug-likeness (QED) is 0.918. The summed E-state index contributed by atoms with van der Waals surface area (Å²) < 4.78 is 1.83. The Morgan fingerprint density at radius 2 is 2.28 bits per heavy atom. The van der Waals surface area contributed by atoms with Gasteiger partial charge in [-0.25, -0.2) is 4.98 Å². The molecule has 0 saturated heterocycles. The van der Waals surface area contributed by atoms with E-state index in [1.807, 2.05) is 30.7 Å². The van der Waals surface area contributed by atoms with Crippen LogP contribution in [0.1, 0.15) is 16.8 Å². The summed E-state index contributed by atoms with van der Waals surface area (Å²) in [5.41, 5.74) is 2.45. The molecule has 0 radical (unpaired) electrons. The van der Waals surface area contributed by atoms with Crippen LogP contribution in [-0.2, 0) is 13.7 Å². The Hall–Kier alpha value is -1.77. The van der Waals surface area contributed by atoms with Crippen LogP contribution >= 0.6 is 11.8 Å². The first-order chi connectivity index (χ1) is 8.67. The molecule has 18 heavy (non-hydrogen) atoms. The van der Waals surface area contributed by atoms with Crippen LogP contribution in [0.3, 0.4) is 0 Å². The molecule has 1 aromatic heterocycles. The number of aryl methyl sites for hydroxylation is 1. The lowest BCUT2D eigenvalue weighted by Crippen LogP contribution is -1.98. The molecule has 92 valence electrons. The third-order valence-electron chi connectivity index (χ3n) is 2.73. The van der Waals surface area contributed by atoms with Crippen molar-refractivity contribution in [3.8, 4) is 6.07 Å². The molecule has 0 amide bonds. The van der Waals surface area contributed by atoms with Gasteiger partial charge < -0.3 is 9.67 Å². The van der Waals surface area contributed by atoms with Gasteiger partial charge in [-0.3, -0.25) is 0 Å². The second-order valence-electron chi connectivity index (χ2n) is 3.91. The molecule has 2 rings (SSSR count). The van der Waals surface area contributed by atoms with E-state index in [2.05, 4.69) is 11.1 Å². The molecule has 0 saturated carbocycles. The number of aliphatic hydroxyl groups is 1. The Bertz CT molecular complexity index is 613. The summed E-state index contributed by atoms with van der Waals surface area (Å²) in [6.07, 6.45) is 1.65. The molecule has 1 heterocycles. The number of hydrogen-bond donors (Lipinski definition) is 1. The van der Waals surface area contributed by atoms with Gasteiger partial charge in [0, 0.05) is 11.9 Å². The summed E-state index contributed by atoms with van der Waals surface area (Å²) in [5.74, 6) is 0. The van der Waals surface area contributed by atoms with Crippen molar-refractivity contribution in [2.24, 2.45) is 7.05 Å². The number of hydrogen-bond acceptors (Lipinski definition) is 4.